The molecule has 3 heterocycles. The maximum absolute atomic E-state index is 11.9. The van der Waals surface area contributed by atoms with Crippen LogP contribution in [0, 0.1) is 24.0 Å². The molecule has 7 nitrogen and oxygen atoms in total. The molecule has 8 heteroatoms. The average molecular weight is 357 g/mol. The van der Waals surface area contributed by atoms with Crippen molar-refractivity contribution in [2.24, 2.45) is 0 Å². The fourth-order valence-corrected chi connectivity index (χ4v) is 3.13. The first kappa shape index (κ1) is 16.8. The predicted molar refractivity (Wildman–Crippen MR) is 93.8 cm³/mol. The van der Waals surface area contributed by atoms with Crippen molar-refractivity contribution in [1.82, 2.24) is 9.78 Å². The first-order valence-corrected chi connectivity index (χ1v) is 8.36. The van der Waals surface area contributed by atoms with Crippen molar-refractivity contribution in [3.8, 4) is 0 Å². The molecule has 0 amide bonds. The van der Waals surface area contributed by atoms with E-state index >= 15 is 0 Å². The largest absolute Gasteiger partial charge is 0.460 e. The van der Waals surface area contributed by atoms with Crippen molar-refractivity contribution in [3.05, 3.63) is 73.6 Å². The van der Waals surface area contributed by atoms with E-state index in [1.54, 1.807) is 38.1 Å². The Bertz CT molecular complexity index is 951. The zero-order valence-corrected chi connectivity index (χ0v) is 14.4. The van der Waals surface area contributed by atoms with E-state index in [0.717, 1.165) is 0 Å². The monoisotopic (exact) mass is 357 g/mol. The molecule has 0 saturated heterocycles. The van der Waals surface area contributed by atoms with Crippen molar-refractivity contribution in [1.29, 1.82) is 0 Å². The Morgan fingerprint density at radius 2 is 2.20 bits per heavy atom. The third-order valence-electron chi connectivity index (χ3n) is 3.68. The van der Waals surface area contributed by atoms with Crippen molar-refractivity contribution in [2.45, 2.75) is 20.4 Å². The van der Waals surface area contributed by atoms with Crippen LogP contribution in [0.4, 0.5) is 5.69 Å². The summed E-state index contributed by atoms with van der Waals surface area (Å²) in [7, 11) is 0. The number of carbonyl (C=O) groups is 1. The summed E-state index contributed by atoms with van der Waals surface area (Å²) < 4.78 is 7.19. The smallest absolute Gasteiger partial charge is 0.312 e. The summed E-state index contributed by atoms with van der Waals surface area (Å²) in [6, 6.07) is 7.09. The molecule has 0 spiro atoms. The third kappa shape index (κ3) is 3.58. The molecule has 3 aromatic rings. The van der Waals surface area contributed by atoms with Crippen LogP contribution in [0.5, 0.6) is 0 Å². The number of aryl methyl sites for hydroxylation is 1. The summed E-state index contributed by atoms with van der Waals surface area (Å²) in [5.41, 5.74) is 0.868. The van der Waals surface area contributed by atoms with Crippen LogP contribution in [0.3, 0.4) is 0 Å². The SMILES string of the molecule is Cc1nn(Cc2ccc(/C=C/C(=O)c3cccs3)o2)c(C)c1[N+](=O)[O-]. The molecule has 0 aromatic carbocycles. The van der Waals surface area contributed by atoms with Crippen molar-refractivity contribution >= 4 is 28.9 Å². The molecule has 0 aliphatic rings. The summed E-state index contributed by atoms with van der Waals surface area (Å²) in [5.74, 6) is 1.06. The second kappa shape index (κ2) is 6.86. The fourth-order valence-electron chi connectivity index (χ4n) is 2.48. The molecule has 0 radical (unpaired) electrons. The Morgan fingerprint density at radius 1 is 1.40 bits per heavy atom. The molecule has 0 aliphatic carbocycles. The number of rotatable bonds is 6. The molecule has 0 saturated carbocycles. The number of hydrogen-bond acceptors (Lipinski definition) is 6. The molecular weight excluding hydrogens is 342 g/mol. The first-order valence-electron chi connectivity index (χ1n) is 7.48. The highest BCUT2D eigenvalue weighted by atomic mass is 32.1. The predicted octanol–water partition coefficient (Wildman–Crippen LogP) is 4.01. The van der Waals surface area contributed by atoms with Gasteiger partial charge in [-0.25, -0.2) is 0 Å². The Morgan fingerprint density at radius 3 is 2.84 bits per heavy atom. The Balaban J connectivity index is 1.73. The maximum Gasteiger partial charge on any atom is 0.312 e. The summed E-state index contributed by atoms with van der Waals surface area (Å²) in [6.45, 7) is 3.54. The molecule has 0 bridgehead atoms. The van der Waals surface area contributed by atoms with E-state index in [9.17, 15) is 14.9 Å². The van der Waals surface area contributed by atoms with Crippen molar-refractivity contribution in [3.63, 3.8) is 0 Å². The summed E-state index contributed by atoms with van der Waals surface area (Å²) in [6.07, 6.45) is 3.07. The topological polar surface area (TPSA) is 91.2 Å². The van der Waals surface area contributed by atoms with Crippen LogP contribution in [-0.2, 0) is 6.54 Å². The van der Waals surface area contributed by atoms with Crippen LogP contribution in [0.15, 0.2) is 40.1 Å². The quantitative estimate of drug-likeness (QED) is 0.288. The van der Waals surface area contributed by atoms with E-state index in [1.165, 1.54) is 22.1 Å². The normalized spacial score (nSPS) is 11.3. The summed E-state index contributed by atoms with van der Waals surface area (Å²) in [4.78, 5) is 23.2. The Labute approximate surface area is 147 Å². The molecular formula is C17H15N3O4S. The molecule has 0 unspecified atom stereocenters. The van der Waals surface area contributed by atoms with Gasteiger partial charge in [-0.15, -0.1) is 11.3 Å². The highest BCUT2D eigenvalue weighted by Crippen LogP contribution is 2.23. The maximum atomic E-state index is 11.9. The van der Waals surface area contributed by atoms with Gasteiger partial charge in [0, 0.05) is 0 Å². The number of allylic oxidation sites excluding steroid dienone is 1. The molecule has 0 N–H and O–H groups in total. The van der Waals surface area contributed by atoms with Gasteiger partial charge in [-0.05, 0) is 49.6 Å². The van der Waals surface area contributed by atoms with Crippen LogP contribution in [0.25, 0.3) is 6.08 Å². The molecule has 0 atom stereocenters. The second-order valence-electron chi connectivity index (χ2n) is 5.41. The van der Waals surface area contributed by atoms with Crippen molar-refractivity contribution < 1.29 is 14.1 Å². The Hall–Kier alpha value is -3.00. The number of aromatic nitrogens is 2. The van der Waals surface area contributed by atoms with Gasteiger partial charge in [0.1, 0.15) is 22.9 Å². The number of nitrogens with zero attached hydrogens (tertiary/aromatic N) is 3. The van der Waals surface area contributed by atoms with Gasteiger partial charge in [0.2, 0.25) is 0 Å². The van der Waals surface area contributed by atoms with Crippen LogP contribution in [0.2, 0.25) is 0 Å². The van der Waals surface area contributed by atoms with Crippen molar-refractivity contribution in [2.75, 3.05) is 0 Å². The van der Waals surface area contributed by atoms with Gasteiger partial charge in [0.25, 0.3) is 0 Å². The zero-order chi connectivity index (χ0) is 18.0. The minimum atomic E-state index is -0.430. The van der Waals surface area contributed by atoms with Gasteiger partial charge in [-0.3, -0.25) is 19.6 Å². The lowest BCUT2D eigenvalue weighted by Crippen LogP contribution is -2.03. The van der Waals surface area contributed by atoms with Gasteiger partial charge in [0.05, 0.1) is 16.3 Å². The van der Waals surface area contributed by atoms with Crippen LogP contribution in [0.1, 0.15) is 32.6 Å². The number of thiophene rings is 1. The number of hydrogen-bond donors (Lipinski definition) is 0. The van der Waals surface area contributed by atoms with E-state index in [1.807, 2.05) is 11.4 Å². The first-order chi connectivity index (χ1) is 12.0. The van der Waals surface area contributed by atoms with E-state index in [2.05, 4.69) is 5.10 Å². The average Bonchev–Trinajstić information content (AvgIpc) is 3.27. The van der Waals surface area contributed by atoms with Gasteiger partial charge in [0.15, 0.2) is 5.78 Å². The van der Waals surface area contributed by atoms with Gasteiger partial charge in [-0.1, -0.05) is 6.07 Å². The summed E-state index contributed by atoms with van der Waals surface area (Å²) in [5, 5.41) is 17.1. The second-order valence-corrected chi connectivity index (χ2v) is 6.36. The molecule has 3 rings (SSSR count). The minimum Gasteiger partial charge on any atom is -0.460 e. The van der Waals surface area contributed by atoms with Crippen LogP contribution >= 0.6 is 11.3 Å². The number of carbonyl (C=O) groups excluding carboxylic acids is 1. The van der Waals surface area contributed by atoms with Gasteiger partial charge < -0.3 is 4.42 Å². The van der Waals surface area contributed by atoms with Gasteiger partial charge in [-0.2, -0.15) is 5.10 Å². The van der Waals surface area contributed by atoms with Gasteiger partial charge >= 0.3 is 5.69 Å². The minimum absolute atomic E-state index is 0.0215. The molecule has 25 heavy (non-hydrogen) atoms. The molecule has 0 fully saturated rings. The number of ketones is 1. The third-order valence-corrected chi connectivity index (χ3v) is 4.56. The number of furan rings is 1. The fraction of sp³-hybridized carbons (Fsp3) is 0.176. The van der Waals surface area contributed by atoms with E-state index in [4.69, 9.17) is 4.42 Å². The van der Waals surface area contributed by atoms with Crippen LogP contribution < -0.4 is 0 Å². The Kier molecular flexibility index (Phi) is 4.62. The molecule has 128 valence electrons. The summed E-state index contributed by atoms with van der Waals surface area (Å²) >= 11 is 1.38. The highest BCUT2D eigenvalue weighted by molar-refractivity contribution is 7.12. The molecule has 0 aliphatic heterocycles. The zero-order valence-electron chi connectivity index (χ0n) is 13.6. The van der Waals surface area contributed by atoms with E-state index in [0.29, 0.717) is 27.8 Å². The lowest BCUT2D eigenvalue weighted by Gasteiger charge is -2.00. The highest BCUT2D eigenvalue weighted by Gasteiger charge is 2.22. The molecule has 3 aromatic heterocycles. The van der Waals surface area contributed by atoms with Crippen LogP contribution in [-0.4, -0.2) is 20.5 Å². The lowest BCUT2D eigenvalue weighted by molar-refractivity contribution is -0.386. The lowest BCUT2D eigenvalue weighted by atomic mass is 10.3. The van der Waals surface area contributed by atoms with E-state index in [-0.39, 0.29) is 18.0 Å². The van der Waals surface area contributed by atoms with E-state index < -0.39 is 4.92 Å². The number of nitro groups is 1. The standard InChI is InChI=1S/C17H15N3O4S/c1-11-17(20(22)23)12(2)19(18-11)10-14-6-5-13(24-14)7-8-15(21)16-4-3-9-25-16/h3-9H,10H2,1-2H3/b8-7+.